The average Bonchev–Trinajstić information content (AvgIpc) is 3.98. The Hall–Kier alpha value is -4.47. The molecule has 3 heterocycles. The maximum Gasteiger partial charge on any atom is 0.405 e. The molecule has 0 radical (unpaired) electrons. The first-order chi connectivity index (χ1) is 24.7. The summed E-state index contributed by atoms with van der Waals surface area (Å²) in [5.41, 5.74) is -1.55. The Balaban J connectivity index is 1.35. The van der Waals surface area contributed by atoms with Gasteiger partial charge >= 0.3 is 6.09 Å². The van der Waals surface area contributed by atoms with Crippen LogP contribution in [0.25, 0.3) is 10.8 Å². The summed E-state index contributed by atoms with van der Waals surface area (Å²) in [7, 11) is -4.00. The van der Waals surface area contributed by atoms with Crippen LogP contribution in [0.15, 0.2) is 36.4 Å². The van der Waals surface area contributed by atoms with Gasteiger partial charge in [0, 0.05) is 12.3 Å². The molecule has 7 atom stereocenters. The number of allylic oxidation sites excluding steroid dienone is 1. The smallest absolute Gasteiger partial charge is 0.405 e. The zero-order valence-electron chi connectivity index (χ0n) is 30.0. The quantitative estimate of drug-likeness (QED) is 0.275. The summed E-state index contributed by atoms with van der Waals surface area (Å²) >= 11 is 0. The maximum atomic E-state index is 14.5. The number of hydrogen-bond donors (Lipinski definition) is 4. The number of carbonyl (C=O) groups excluding carboxylic acids is 3. The van der Waals surface area contributed by atoms with E-state index in [4.69, 9.17) is 9.47 Å². The minimum absolute atomic E-state index is 0.0116. The number of benzene rings is 1. The van der Waals surface area contributed by atoms with E-state index in [2.05, 4.69) is 25.6 Å². The lowest BCUT2D eigenvalue weighted by Gasteiger charge is -2.33. The number of nitrogens with zero attached hydrogens (tertiary/aromatic N) is 3. The molecule has 4 N–H and O–H groups in total. The van der Waals surface area contributed by atoms with Gasteiger partial charge in [-0.15, -0.1) is 10.2 Å². The molecule has 2 aliphatic carbocycles. The Morgan fingerprint density at radius 1 is 1.10 bits per heavy atom. The molecule has 0 unspecified atom stereocenters. The zero-order valence-corrected chi connectivity index (χ0v) is 30.8. The van der Waals surface area contributed by atoms with E-state index in [0.717, 1.165) is 6.42 Å². The van der Waals surface area contributed by atoms with E-state index >= 15 is 0 Å². The molecule has 2 aliphatic heterocycles. The van der Waals surface area contributed by atoms with Crippen molar-refractivity contribution in [3.8, 4) is 11.8 Å². The number of aromatic nitrogens is 2. The van der Waals surface area contributed by atoms with E-state index in [9.17, 15) is 32.7 Å². The van der Waals surface area contributed by atoms with Gasteiger partial charge in [0.15, 0.2) is 0 Å². The molecule has 282 valence electrons. The SMILES string of the molecule is CCOc1nnc(O[C@@H]2C[C@H]3C(=O)N[C@]4(C(=O)NS(=O)(=O)C5(C)CC5)C[C@H]4C=CCC[C@H](C)C[C@@H](CC)[C@H](NC(=O)O)C(=O)N3C2)c2ccccc12. The van der Waals surface area contributed by atoms with E-state index in [-0.39, 0.29) is 37.1 Å². The summed E-state index contributed by atoms with van der Waals surface area (Å²) in [4.78, 5) is 56.1. The third-order valence-corrected chi connectivity index (χ3v) is 13.2. The predicted octanol–water partition coefficient (Wildman–Crippen LogP) is 3.29. The van der Waals surface area contributed by atoms with Gasteiger partial charge in [0.05, 0.1) is 28.7 Å². The number of fused-ring (bicyclic) bond motifs is 3. The van der Waals surface area contributed by atoms with E-state index < -0.39 is 68.2 Å². The molecule has 0 bridgehead atoms. The molecular formula is C36H48N6O9S. The van der Waals surface area contributed by atoms with Crippen LogP contribution in [0, 0.1) is 17.8 Å². The second kappa shape index (κ2) is 14.5. The van der Waals surface area contributed by atoms with Crippen molar-refractivity contribution in [1.29, 1.82) is 0 Å². The van der Waals surface area contributed by atoms with Gasteiger partial charge in [-0.05, 0) is 76.3 Å². The molecule has 6 rings (SSSR count). The molecule has 2 aromatic rings. The minimum atomic E-state index is -4.00. The van der Waals surface area contributed by atoms with E-state index in [1.165, 1.54) is 4.90 Å². The molecular weight excluding hydrogens is 692 g/mol. The highest BCUT2D eigenvalue weighted by molar-refractivity contribution is 7.91. The molecule has 0 spiro atoms. The number of sulfonamides is 1. The van der Waals surface area contributed by atoms with Gasteiger partial charge in [-0.1, -0.05) is 44.6 Å². The van der Waals surface area contributed by atoms with Crippen LogP contribution in [-0.2, 0) is 24.4 Å². The predicted molar refractivity (Wildman–Crippen MR) is 190 cm³/mol. The van der Waals surface area contributed by atoms with Crippen molar-refractivity contribution in [2.24, 2.45) is 17.8 Å². The molecule has 1 aromatic carbocycles. The van der Waals surface area contributed by atoms with Crippen LogP contribution in [0.3, 0.4) is 0 Å². The first kappa shape index (κ1) is 37.3. The van der Waals surface area contributed by atoms with E-state index in [1.54, 1.807) is 13.0 Å². The molecule has 1 aromatic heterocycles. The zero-order chi connectivity index (χ0) is 37.4. The van der Waals surface area contributed by atoms with Gasteiger partial charge in [-0.2, -0.15) is 0 Å². The Morgan fingerprint density at radius 3 is 2.44 bits per heavy atom. The lowest BCUT2D eigenvalue weighted by atomic mass is 9.85. The fourth-order valence-electron chi connectivity index (χ4n) is 7.49. The normalized spacial score (nSPS) is 30.2. The van der Waals surface area contributed by atoms with Gasteiger partial charge in [-0.25, -0.2) is 13.2 Å². The highest BCUT2D eigenvalue weighted by Crippen LogP contribution is 2.47. The van der Waals surface area contributed by atoms with Crippen LogP contribution in [-0.4, -0.2) is 94.1 Å². The molecule has 15 nitrogen and oxygen atoms in total. The van der Waals surface area contributed by atoms with Crippen molar-refractivity contribution >= 4 is 44.6 Å². The van der Waals surface area contributed by atoms with Gasteiger partial charge in [0.1, 0.15) is 23.7 Å². The largest absolute Gasteiger partial charge is 0.476 e. The van der Waals surface area contributed by atoms with Crippen LogP contribution in [0.4, 0.5) is 4.79 Å². The van der Waals surface area contributed by atoms with Crippen LogP contribution in [0.5, 0.6) is 11.8 Å². The van der Waals surface area contributed by atoms with Crippen LogP contribution >= 0.6 is 0 Å². The monoisotopic (exact) mass is 740 g/mol. The van der Waals surface area contributed by atoms with Crippen LogP contribution < -0.4 is 24.8 Å². The Bertz CT molecular complexity index is 1870. The van der Waals surface area contributed by atoms with Crippen molar-refractivity contribution in [1.82, 2.24) is 30.5 Å². The third-order valence-electron chi connectivity index (χ3n) is 11.1. The molecule has 3 fully saturated rings. The Morgan fingerprint density at radius 2 is 1.79 bits per heavy atom. The molecule has 4 aliphatic rings. The summed E-state index contributed by atoms with van der Waals surface area (Å²) < 4.78 is 39.4. The van der Waals surface area contributed by atoms with Gasteiger partial charge < -0.3 is 30.1 Å². The lowest BCUT2D eigenvalue weighted by Crippen LogP contribution is -2.59. The summed E-state index contributed by atoms with van der Waals surface area (Å²) in [6.07, 6.45) is 5.13. The summed E-state index contributed by atoms with van der Waals surface area (Å²) in [6, 6.07) is 4.93. The van der Waals surface area contributed by atoms with E-state index in [1.807, 2.05) is 51.1 Å². The highest BCUT2D eigenvalue weighted by atomic mass is 32.2. The Labute approximate surface area is 303 Å². The lowest BCUT2D eigenvalue weighted by molar-refractivity contribution is -0.142. The average molecular weight is 741 g/mol. The molecule has 1 saturated heterocycles. The Kier molecular flexibility index (Phi) is 10.4. The number of amides is 4. The number of carboxylic acid groups (broad SMARTS) is 1. The number of hydrogen-bond acceptors (Lipinski definition) is 10. The number of nitrogens with one attached hydrogen (secondary N) is 3. The van der Waals surface area contributed by atoms with E-state index in [0.29, 0.717) is 55.4 Å². The van der Waals surface area contributed by atoms with Gasteiger partial charge in [0.25, 0.3) is 5.91 Å². The van der Waals surface area contributed by atoms with Gasteiger partial charge in [0.2, 0.25) is 33.6 Å². The second-order valence-electron chi connectivity index (χ2n) is 14.9. The minimum Gasteiger partial charge on any atom is -0.476 e. The van der Waals surface area contributed by atoms with Crippen molar-refractivity contribution in [2.45, 2.75) is 108 Å². The first-order valence-electron chi connectivity index (χ1n) is 18.1. The fraction of sp³-hybridized carbons (Fsp3) is 0.611. The third kappa shape index (κ3) is 7.39. The van der Waals surface area contributed by atoms with Gasteiger partial charge in [-0.3, -0.25) is 19.1 Å². The fourth-order valence-corrected chi connectivity index (χ4v) is 8.80. The highest BCUT2D eigenvalue weighted by Gasteiger charge is 2.63. The summed E-state index contributed by atoms with van der Waals surface area (Å²) in [5.74, 6) is -2.29. The molecule has 16 heteroatoms. The van der Waals surface area contributed by atoms with Crippen molar-refractivity contribution in [2.75, 3.05) is 13.2 Å². The molecule has 52 heavy (non-hydrogen) atoms. The standard InChI is InChI=1S/C36H48N6O9S/c1-5-22-17-21(3)11-7-8-12-23-19-36(23,33(45)41-52(48,49)35(4)15-16-35)38-29(43)27-18-24(20-42(27)32(44)28(22)37-34(46)47)51-31-26-14-10-9-13-25(26)30(39-40-31)50-6-2/h8-10,12-14,21-24,27-28,37H,5-7,11,15-20H2,1-4H3,(H,38,43)(H,41,45)(H,46,47)/t21-,22+,23+,24+,27-,28-,36+/m0/s1. The number of rotatable bonds is 9. The van der Waals surface area contributed by atoms with Crippen LogP contribution in [0.2, 0.25) is 0 Å². The first-order valence-corrected chi connectivity index (χ1v) is 19.6. The summed E-state index contributed by atoms with van der Waals surface area (Å²) in [6.45, 7) is 7.64. The molecule has 2 saturated carbocycles. The van der Waals surface area contributed by atoms with Crippen molar-refractivity contribution < 1.29 is 42.2 Å². The topological polar surface area (TPSA) is 206 Å². The van der Waals surface area contributed by atoms with Crippen molar-refractivity contribution in [3.63, 3.8) is 0 Å². The molecule has 4 amide bonds. The number of carbonyl (C=O) groups is 4. The van der Waals surface area contributed by atoms with Crippen LogP contribution in [0.1, 0.15) is 79.1 Å². The second-order valence-corrected chi connectivity index (χ2v) is 17.1. The maximum absolute atomic E-state index is 14.5. The summed E-state index contributed by atoms with van der Waals surface area (Å²) in [5, 5.41) is 24.9. The number of ether oxygens (including phenoxy) is 2. The van der Waals surface area contributed by atoms with Crippen molar-refractivity contribution in [3.05, 3.63) is 36.4 Å².